The van der Waals surface area contributed by atoms with E-state index in [0.717, 1.165) is 41.7 Å². The summed E-state index contributed by atoms with van der Waals surface area (Å²) in [5.41, 5.74) is 3.24. The Bertz CT molecular complexity index is 1310. The van der Waals surface area contributed by atoms with E-state index < -0.39 is 10.0 Å². The first kappa shape index (κ1) is 20.3. The minimum atomic E-state index is -3.77. The molecule has 8 nitrogen and oxygen atoms in total. The number of aromatic nitrogens is 4. The number of nitrogens with two attached hydrogens (primary N) is 1. The number of benzene rings is 2. The number of hydrogen-bond acceptors (Lipinski definition) is 6. The van der Waals surface area contributed by atoms with Gasteiger partial charge in [0.25, 0.3) is 0 Å². The molecule has 0 bridgehead atoms. The third-order valence-corrected chi connectivity index (χ3v) is 5.73. The summed E-state index contributed by atoms with van der Waals surface area (Å²) in [6.45, 7) is 0.746. The van der Waals surface area contributed by atoms with Gasteiger partial charge >= 0.3 is 0 Å². The molecule has 0 unspecified atom stereocenters. The van der Waals surface area contributed by atoms with Crippen LogP contribution in [0.3, 0.4) is 0 Å². The van der Waals surface area contributed by atoms with Crippen LogP contribution in [0.25, 0.3) is 16.6 Å². The molecular weight excluding hydrogens is 424 g/mol. The van der Waals surface area contributed by atoms with Crippen LogP contribution < -0.4 is 10.5 Å². The number of primary sulfonamides is 1. The second kappa shape index (κ2) is 8.39. The Morgan fingerprint density at radius 3 is 2.83 bits per heavy atom. The van der Waals surface area contributed by atoms with E-state index in [-0.39, 0.29) is 4.90 Å². The maximum absolute atomic E-state index is 11.5. The van der Waals surface area contributed by atoms with Crippen molar-refractivity contribution in [2.24, 2.45) is 5.14 Å². The first-order valence-corrected chi connectivity index (χ1v) is 11.2. The lowest BCUT2D eigenvalue weighted by Crippen LogP contribution is -2.12. The molecule has 2 heterocycles. The van der Waals surface area contributed by atoms with Crippen molar-refractivity contribution in [1.82, 2.24) is 20.0 Å². The third-order valence-electron chi connectivity index (χ3n) is 4.58. The van der Waals surface area contributed by atoms with Gasteiger partial charge in [0.05, 0.1) is 28.0 Å². The topological polar surface area (TPSA) is 116 Å². The standard InChI is InChI=1S/C20H19ClN6O2S/c21-14-6-7-18-19(8-10-24-20(18)11-14)23-9-2-3-15-13-27(26-25-15)16-4-1-5-17(12-16)30(22,28)29/h1,4-8,10-13H,2-3,9H2,(H,23,24)(H2,22,28,29). The summed E-state index contributed by atoms with van der Waals surface area (Å²) in [5, 5.41) is 18.5. The van der Waals surface area contributed by atoms with E-state index in [1.54, 1.807) is 24.5 Å². The molecule has 0 fully saturated rings. The zero-order valence-electron chi connectivity index (χ0n) is 15.9. The van der Waals surface area contributed by atoms with Crippen molar-refractivity contribution in [3.8, 4) is 5.69 Å². The van der Waals surface area contributed by atoms with Gasteiger partial charge in [0.15, 0.2) is 0 Å². The van der Waals surface area contributed by atoms with E-state index in [4.69, 9.17) is 16.7 Å². The van der Waals surface area contributed by atoms with Crippen molar-refractivity contribution in [3.63, 3.8) is 0 Å². The van der Waals surface area contributed by atoms with Gasteiger partial charge < -0.3 is 5.32 Å². The molecule has 30 heavy (non-hydrogen) atoms. The van der Waals surface area contributed by atoms with E-state index in [1.807, 2.05) is 24.3 Å². The minimum absolute atomic E-state index is 0.0344. The van der Waals surface area contributed by atoms with Crippen LogP contribution in [-0.2, 0) is 16.4 Å². The van der Waals surface area contributed by atoms with Gasteiger partial charge in [-0.1, -0.05) is 22.9 Å². The molecule has 0 amide bonds. The van der Waals surface area contributed by atoms with E-state index in [0.29, 0.717) is 10.7 Å². The smallest absolute Gasteiger partial charge is 0.238 e. The van der Waals surface area contributed by atoms with Crippen molar-refractivity contribution in [1.29, 1.82) is 0 Å². The van der Waals surface area contributed by atoms with Crippen molar-refractivity contribution in [2.75, 3.05) is 11.9 Å². The van der Waals surface area contributed by atoms with Gasteiger partial charge in [0, 0.05) is 28.8 Å². The maximum Gasteiger partial charge on any atom is 0.238 e. The quantitative estimate of drug-likeness (QED) is 0.425. The van der Waals surface area contributed by atoms with Crippen LogP contribution in [0, 0.1) is 0 Å². The lowest BCUT2D eigenvalue weighted by Gasteiger charge is -2.09. The van der Waals surface area contributed by atoms with Crippen LogP contribution in [0.2, 0.25) is 5.02 Å². The molecule has 0 aliphatic heterocycles. The molecule has 0 saturated heterocycles. The zero-order chi connectivity index (χ0) is 21.1. The summed E-state index contributed by atoms with van der Waals surface area (Å²) in [7, 11) is -3.77. The fraction of sp³-hybridized carbons (Fsp3) is 0.150. The number of sulfonamides is 1. The minimum Gasteiger partial charge on any atom is -0.384 e. The lowest BCUT2D eigenvalue weighted by molar-refractivity contribution is 0.597. The fourth-order valence-corrected chi connectivity index (χ4v) is 3.83. The fourth-order valence-electron chi connectivity index (χ4n) is 3.11. The Hall–Kier alpha value is -3.01. The number of aryl methyl sites for hydroxylation is 1. The highest BCUT2D eigenvalue weighted by Crippen LogP contribution is 2.24. The molecule has 0 saturated carbocycles. The van der Waals surface area contributed by atoms with Gasteiger partial charge in [-0.2, -0.15) is 0 Å². The Labute approximate surface area is 178 Å². The summed E-state index contributed by atoms with van der Waals surface area (Å²) < 4.78 is 24.6. The maximum atomic E-state index is 11.5. The van der Waals surface area contributed by atoms with Crippen LogP contribution in [0.5, 0.6) is 0 Å². The molecule has 0 aliphatic rings. The summed E-state index contributed by atoms with van der Waals surface area (Å²) in [6, 6.07) is 13.8. The largest absolute Gasteiger partial charge is 0.384 e. The highest BCUT2D eigenvalue weighted by molar-refractivity contribution is 7.89. The van der Waals surface area contributed by atoms with E-state index >= 15 is 0 Å². The van der Waals surface area contributed by atoms with Crippen LogP contribution >= 0.6 is 11.6 Å². The summed E-state index contributed by atoms with van der Waals surface area (Å²) in [6.07, 6.45) is 5.10. The molecule has 4 rings (SSSR count). The summed E-state index contributed by atoms with van der Waals surface area (Å²) >= 11 is 6.03. The van der Waals surface area contributed by atoms with Crippen LogP contribution in [0.15, 0.2) is 65.8 Å². The molecule has 0 spiro atoms. The lowest BCUT2D eigenvalue weighted by atomic mass is 10.2. The summed E-state index contributed by atoms with van der Waals surface area (Å²) in [4.78, 5) is 4.37. The van der Waals surface area contributed by atoms with Gasteiger partial charge in [-0.25, -0.2) is 18.2 Å². The number of rotatable bonds is 7. The normalized spacial score (nSPS) is 11.7. The number of halogens is 1. The van der Waals surface area contributed by atoms with Gasteiger partial charge in [-0.15, -0.1) is 5.10 Å². The second-order valence-corrected chi connectivity index (χ2v) is 8.74. The molecule has 0 atom stereocenters. The van der Waals surface area contributed by atoms with Gasteiger partial charge in [-0.05, 0) is 55.3 Å². The highest BCUT2D eigenvalue weighted by Gasteiger charge is 2.10. The van der Waals surface area contributed by atoms with Crippen molar-refractivity contribution < 1.29 is 8.42 Å². The number of anilines is 1. The van der Waals surface area contributed by atoms with Gasteiger partial charge in [-0.3, -0.25) is 4.98 Å². The SMILES string of the molecule is NS(=O)(=O)c1cccc(-n2cc(CCCNc3ccnc4cc(Cl)ccc34)nn2)c1. The van der Waals surface area contributed by atoms with Gasteiger partial charge in [0.2, 0.25) is 10.0 Å². The molecule has 0 aliphatic carbocycles. The third kappa shape index (κ3) is 4.59. The predicted molar refractivity (Wildman–Crippen MR) is 116 cm³/mol. The number of fused-ring (bicyclic) bond motifs is 1. The Morgan fingerprint density at radius 2 is 2.00 bits per heavy atom. The average Bonchev–Trinajstić information content (AvgIpc) is 3.19. The monoisotopic (exact) mass is 442 g/mol. The highest BCUT2D eigenvalue weighted by atomic mass is 35.5. The first-order chi connectivity index (χ1) is 14.4. The Morgan fingerprint density at radius 1 is 1.13 bits per heavy atom. The van der Waals surface area contributed by atoms with E-state index in [9.17, 15) is 8.42 Å². The van der Waals surface area contributed by atoms with Crippen molar-refractivity contribution >= 4 is 38.2 Å². The first-order valence-electron chi connectivity index (χ1n) is 9.23. The zero-order valence-corrected chi connectivity index (χ0v) is 17.4. The van der Waals surface area contributed by atoms with Crippen LogP contribution in [-0.4, -0.2) is 34.9 Å². The van der Waals surface area contributed by atoms with Crippen molar-refractivity contribution in [3.05, 3.63) is 71.6 Å². The number of nitrogens with one attached hydrogen (secondary N) is 1. The molecular formula is C20H19ClN6O2S. The van der Waals surface area contributed by atoms with Crippen LogP contribution in [0.1, 0.15) is 12.1 Å². The number of hydrogen-bond donors (Lipinski definition) is 2. The number of pyridine rings is 1. The van der Waals surface area contributed by atoms with Crippen molar-refractivity contribution in [2.45, 2.75) is 17.7 Å². The molecule has 10 heteroatoms. The summed E-state index contributed by atoms with van der Waals surface area (Å²) in [5.74, 6) is 0. The van der Waals surface area contributed by atoms with Gasteiger partial charge in [0.1, 0.15) is 0 Å². The van der Waals surface area contributed by atoms with Crippen LogP contribution in [0.4, 0.5) is 5.69 Å². The molecule has 2 aromatic carbocycles. The molecule has 3 N–H and O–H groups in total. The Kier molecular flexibility index (Phi) is 5.67. The predicted octanol–water partition coefficient (Wildman–Crippen LogP) is 3.16. The Balaban J connectivity index is 1.38. The second-order valence-electron chi connectivity index (χ2n) is 6.75. The molecule has 0 radical (unpaired) electrons. The average molecular weight is 443 g/mol. The number of nitrogens with zero attached hydrogens (tertiary/aromatic N) is 4. The molecule has 154 valence electrons. The molecule has 2 aromatic heterocycles. The van der Waals surface area contributed by atoms with E-state index in [1.165, 1.54) is 16.8 Å². The molecule has 4 aromatic rings. The van der Waals surface area contributed by atoms with E-state index in [2.05, 4.69) is 20.6 Å².